The Bertz CT molecular complexity index is 425. The van der Waals surface area contributed by atoms with Crippen LogP contribution in [0.15, 0.2) is 0 Å². The molecule has 0 aliphatic carbocycles. The van der Waals surface area contributed by atoms with Crippen molar-refractivity contribution in [2.75, 3.05) is 33.3 Å². The highest BCUT2D eigenvalue weighted by molar-refractivity contribution is 5.80. The van der Waals surface area contributed by atoms with Gasteiger partial charge in [-0.15, -0.1) is 0 Å². The first-order chi connectivity index (χ1) is 10.5. The summed E-state index contributed by atoms with van der Waals surface area (Å²) in [7, 11) is 1.38. The Labute approximate surface area is 131 Å². The number of rotatable bonds is 2. The first kappa shape index (κ1) is 16.6. The van der Waals surface area contributed by atoms with Gasteiger partial charge >= 0.3 is 6.09 Å². The second kappa shape index (κ2) is 7.47. The van der Waals surface area contributed by atoms with Crippen LogP contribution < -0.4 is 5.32 Å². The standard InChI is InChI=1S/C15H25N3O4/c1-11(19)17-7-3-12(4-8-17)14(20)16-13-5-9-18(10-6-13)15(21)22-2/h12-13H,3-10H2,1-2H3,(H,16,20). The van der Waals surface area contributed by atoms with Gasteiger partial charge < -0.3 is 19.9 Å². The quantitative estimate of drug-likeness (QED) is 0.809. The van der Waals surface area contributed by atoms with Crippen LogP contribution in [-0.2, 0) is 14.3 Å². The Hall–Kier alpha value is -1.79. The predicted octanol–water partition coefficient (Wildman–Crippen LogP) is 0.592. The van der Waals surface area contributed by atoms with Crippen molar-refractivity contribution in [3.05, 3.63) is 0 Å². The summed E-state index contributed by atoms with van der Waals surface area (Å²) in [6.45, 7) is 4.11. The minimum Gasteiger partial charge on any atom is -0.453 e. The van der Waals surface area contributed by atoms with Crippen molar-refractivity contribution in [3.63, 3.8) is 0 Å². The number of carbonyl (C=O) groups excluding carboxylic acids is 3. The molecule has 2 aliphatic rings. The topological polar surface area (TPSA) is 79.0 Å². The molecule has 0 atom stereocenters. The van der Waals surface area contributed by atoms with Crippen LogP contribution in [0.1, 0.15) is 32.6 Å². The van der Waals surface area contributed by atoms with Gasteiger partial charge in [-0.05, 0) is 25.7 Å². The third-order valence-corrected chi connectivity index (χ3v) is 4.59. The molecule has 2 fully saturated rings. The number of likely N-dealkylation sites (tertiary alicyclic amines) is 2. The van der Waals surface area contributed by atoms with Crippen LogP contribution in [0.5, 0.6) is 0 Å². The number of hydrogen-bond acceptors (Lipinski definition) is 4. The molecule has 0 saturated carbocycles. The van der Waals surface area contributed by atoms with E-state index >= 15 is 0 Å². The first-order valence-electron chi connectivity index (χ1n) is 7.90. The monoisotopic (exact) mass is 311 g/mol. The van der Waals surface area contributed by atoms with E-state index in [1.54, 1.807) is 16.7 Å². The molecule has 0 aromatic rings. The van der Waals surface area contributed by atoms with Gasteiger partial charge in [0.15, 0.2) is 0 Å². The zero-order valence-corrected chi connectivity index (χ0v) is 13.3. The fourth-order valence-corrected chi connectivity index (χ4v) is 3.11. The van der Waals surface area contributed by atoms with Gasteiger partial charge in [0.2, 0.25) is 11.8 Å². The molecule has 0 spiro atoms. The van der Waals surface area contributed by atoms with Crippen molar-refractivity contribution in [1.29, 1.82) is 0 Å². The van der Waals surface area contributed by atoms with Gasteiger partial charge in [0.25, 0.3) is 0 Å². The van der Waals surface area contributed by atoms with Crippen molar-refractivity contribution >= 4 is 17.9 Å². The average Bonchev–Trinajstić information content (AvgIpc) is 2.54. The van der Waals surface area contributed by atoms with Gasteiger partial charge in [-0.1, -0.05) is 0 Å². The molecule has 2 rings (SSSR count). The number of amides is 3. The Kier molecular flexibility index (Phi) is 5.63. The zero-order valence-electron chi connectivity index (χ0n) is 13.3. The Morgan fingerprint density at radius 1 is 0.955 bits per heavy atom. The second-order valence-electron chi connectivity index (χ2n) is 6.02. The molecule has 1 N–H and O–H groups in total. The van der Waals surface area contributed by atoms with Crippen molar-refractivity contribution in [1.82, 2.24) is 15.1 Å². The lowest BCUT2D eigenvalue weighted by atomic mass is 9.94. The molecule has 7 nitrogen and oxygen atoms in total. The molecule has 0 bridgehead atoms. The van der Waals surface area contributed by atoms with E-state index in [0.29, 0.717) is 26.2 Å². The van der Waals surface area contributed by atoms with Crippen molar-refractivity contribution in [3.8, 4) is 0 Å². The minimum atomic E-state index is -0.304. The molecule has 2 saturated heterocycles. The number of methoxy groups -OCH3 is 1. The highest BCUT2D eigenvalue weighted by Crippen LogP contribution is 2.19. The largest absolute Gasteiger partial charge is 0.453 e. The van der Waals surface area contributed by atoms with Crippen LogP contribution in [0.2, 0.25) is 0 Å². The Morgan fingerprint density at radius 2 is 1.50 bits per heavy atom. The molecule has 2 aliphatic heterocycles. The average molecular weight is 311 g/mol. The van der Waals surface area contributed by atoms with Crippen molar-refractivity contribution < 1.29 is 19.1 Å². The van der Waals surface area contributed by atoms with Gasteiger partial charge in [-0.2, -0.15) is 0 Å². The van der Waals surface area contributed by atoms with Gasteiger partial charge in [0.05, 0.1) is 7.11 Å². The van der Waals surface area contributed by atoms with Crippen molar-refractivity contribution in [2.24, 2.45) is 5.92 Å². The van der Waals surface area contributed by atoms with Crippen LogP contribution in [-0.4, -0.2) is 67.0 Å². The summed E-state index contributed by atoms with van der Waals surface area (Å²) in [5.74, 6) is 0.156. The van der Waals surface area contributed by atoms with E-state index in [-0.39, 0.29) is 29.9 Å². The molecule has 0 radical (unpaired) electrons. The van der Waals surface area contributed by atoms with E-state index in [2.05, 4.69) is 5.32 Å². The van der Waals surface area contributed by atoms with E-state index in [1.807, 2.05) is 0 Å². The number of nitrogens with zero attached hydrogens (tertiary/aromatic N) is 2. The van der Waals surface area contributed by atoms with Crippen LogP contribution in [0.25, 0.3) is 0 Å². The molecule has 7 heteroatoms. The summed E-state index contributed by atoms with van der Waals surface area (Å²) in [4.78, 5) is 38.4. The number of carbonyl (C=O) groups is 3. The number of piperidine rings is 2. The third kappa shape index (κ3) is 4.11. The highest BCUT2D eigenvalue weighted by Gasteiger charge is 2.29. The minimum absolute atomic E-state index is 0.00534. The maximum Gasteiger partial charge on any atom is 0.409 e. The normalized spacial score (nSPS) is 20.6. The van der Waals surface area contributed by atoms with Crippen LogP contribution in [0, 0.1) is 5.92 Å². The first-order valence-corrected chi connectivity index (χ1v) is 7.90. The lowest BCUT2D eigenvalue weighted by Crippen LogP contribution is -2.49. The summed E-state index contributed by atoms with van der Waals surface area (Å²) < 4.78 is 4.70. The lowest BCUT2D eigenvalue weighted by molar-refractivity contribution is -0.134. The molecule has 3 amide bonds. The number of nitrogens with one attached hydrogen (secondary N) is 1. The van der Waals surface area contributed by atoms with Crippen LogP contribution in [0.4, 0.5) is 4.79 Å². The van der Waals surface area contributed by atoms with E-state index < -0.39 is 0 Å². The van der Waals surface area contributed by atoms with Gasteiger partial charge in [-0.25, -0.2) is 4.79 Å². The Morgan fingerprint density at radius 3 is 2.00 bits per heavy atom. The third-order valence-electron chi connectivity index (χ3n) is 4.59. The Balaban J connectivity index is 1.72. The van der Waals surface area contributed by atoms with Crippen LogP contribution in [0.3, 0.4) is 0 Å². The van der Waals surface area contributed by atoms with Crippen LogP contribution >= 0.6 is 0 Å². The van der Waals surface area contributed by atoms with Gasteiger partial charge in [0, 0.05) is 45.1 Å². The zero-order chi connectivity index (χ0) is 16.1. The fourth-order valence-electron chi connectivity index (χ4n) is 3.11. The summed E-state index contributed by atoms with van der Waals surface area (Å²) >= 11 is 0. The van der Waals surface area contributed by atoms with Gasteiger partial charge in [-0.3, -0.25) is 9.59 Å². The smallest absolute Gasteiger partial charge is 0.409 e. The molecule has 0 aromatic carbocycles. The predicted molar refractivity (Wildman–Crippen MR) is 80.1 cm³/mol. The molecule has 22 heavy (non-hydrogen) atoms. The lowest BCUT2D eigenvalue weighted by Gasteiger charge is -2.34. The SMILES string of the molecule is COC(=O)N1CCC(NC(=O)C2CCN(C(C)=O)CC2)CC1. The number of hydrogen-bond donors (Lipinski definition) is 1. The molecule has 124 valence electrons. The second-order valence-corrected chi connectivity index (χ2v) is 6.02. The fraction of sp³-hybridized carbons (Fsp3) is 0.800. The maximum atomic E-state index is 12.3. The maximum absolute atomic E-state index is 12.3. The van der Waals surface area contributed by atoms with Crippen molar-refractivity contribution in [2.45, 2.75) is 38.6 Å². The van der Waals surface area contributed by atoms with E-state index in [9.17, 15) is 14.4 Å². The van der Waals surface area contributed by atoms with E-state index in [4.69, 9.17) is 4.74 Å². The summed E-state index contributed by atoms with van der Waals surface area (Å²) in [6, 6.07) is 0.124. The summed E-state index contributed by atoms with van der Waals surface area (Å²) in [5.41, 5.74) is 0. The highest BCUT2D eigenvalue weighted by atomic mass is 16.5. The molecule has 0 aromatic heterocycles. The molecular weight excluding hydrogens is 286 g/mol. The van der Waals surface area contributed by atoms with Gasteiger partial charge in [0.1, 0.15) is 0 Å². The van der Waals surface area contributed by atoms with E-state index in [0.717, 1.165) is 25.7 Å². The number of ether oxygens (including phenoxy) is 1. The van der Waals surface area contributed by atoms with E-state index in [1.165, 1.54) is 7.11 Å². The molecule has 2 heterocycles. The summed E-state index contributed by atoms with van der Waals surface area (Å²) in [6.07, 6.45) is 2.67. The summed E-state index contributed by atoms with van der Waals surface area (Å²) in [5, 5.41) is 3.09. The molecular formula is C15H25N3O4. The molecule has 0 unspecified atom stereocenters.